The van der Waals surface area contributed by atoms with Gasteiger partial charge < -0.3 is 15.1 Å². The molecule has 0 saturated carbocycles. The van der Waals surface area contributed by atoms with Crippen molar-refractivity contribution >= 4 is 17.6 Å². The van der Waals surface area contributed by atoms with Gasteiger partial charge in [-0.3, -0.25) is 14.9 Å². The molecule has 112 valence electrons. The standard InChI is InChI=1S/C13H14N2O6/c1-7-3-2-4-9(15(20)21)11(7)12(17)14-6-8(16)5-10(14)13(18)19/h2-4,8,10,16H,5-6H2,1H3,(H,18,19)/t8-,10-/m1/s1. The number of hydrogen-bond donors (Lipinski definition) is 2. The third-order valence-electron chi connectivity index (χ3n) is 3.49. The molecule has 8 heteroatoms. The van der Waals surface area contributed by atoms with E-state index in [1.807, 2.05) is 0 Å². The minimum absolute atomic E-state index is 0.0826. The molecule has 1 fully saturated rings. The van der Waals surface area contributed by atoms with Crippen LogP contribution in [0.25, 0.3) is 0 Å². The molecule has 2 N–H and O–H groups in total. The van der Waals surface area contributed by atoms with E-state index in [2.05, 4.69) is 0 Å². The highest BCUT2D eigenvalue weighted by atomic mass is 16.6. The number of rotatable bonds is 3. The first-order valence-electron chi connectivity index (χ1n) is 6.28. The topological polar surface area (TPSA) is 121 Å². The van der Waals surface area contributed by atoms with Gasteiger partial charge in [-0.2, -0.15) is 0 Å². The molecule has 0 radical (unpaired) electrons. The van der Waals surface area contributed by atoms with Gasteiger partial charge in [0.15, 0.2) is 0 Å². The van der Waals surface area contributed by atoms with Gasteiger partial charge in [-0.15, -0.1) is 0 Å². The van der Waals surface area contributed by atoms with Crippen molar-refractivity contribution in [3.05, 3.63) is 39.4 Å². The maximum atomic E-state index is 12.5. The van der Waals surface area contributed by atoms with E-state index in [-0.39, 0.29) is 24.2 Å². The predicted octanol–water partition coefficient (Wildman–Crippen LogP) is 0.563. The highest BCUT2D eigenvalue weighted by molar-refractivity contribution is 6.01. The summed E-state index contributed by atoms with van der Waals surface area (Å²) in [5.74, 6) is -1.99. The molecule has 0 aromatic heterocycles. The molecule has 1 saturated heterocycles. The summed E-state index contributed by atoms with van der Waals surface area (Å²) in [4.78, 5) is 35.0. The maximum absolute atomic E-state index is 12.5. The van der Waals surface area contributed by atoms with Crippen molar-refractivity contribution in [3.63, 3.8) is 0 Å². The van der Waals surface area contributed by atoms with Crippen LogP contribution >= 0.6 is 0 Å². The zero-order valence-corrected chi connectivity index (χ0v) is 11.2. The number of carboxylic acid groups (broad SMARTS) is 1. The minimum Gasteiger partial charge on any atom is -0.480 e. The summed E-state index contributed by atoms with van der Waals surface area (Å²) in [6, 6.07) is 3.02. The first-order valence-corrected chi connectivity index (χ1v) is 6.28. The zero-order valence-electron chi connectivity index (χ0n) is 11.2. The second-order valence-electron chi connectivity index (χ2n) is 4.93. The van der Waals surface area contributed by atoms with Gasteiger partial charge in [-0.25, -0.2) is 4.79 Å². The van der Waals surface area contributed by atoms with Crippen molar-refractivity contribution in [1.82, 2.24) is 4.90 Å². The molecule has 0 bridgehead atoms. The Morgan fingerprint density at radius 3 is 2.67 bits per heavy atom. The number of carbonyl (C=O) groups excluding carboxylic acids is 1. The Morgan fingerprint density at radius 1 is 1.43 bits per heavy atom. The fourth-order valence-electron chi connectivity index (χ4n) is 2.50. The second kappa shape index (κ2) is 5.49. The molecule has 0 aliphatic carbocycles. The van der Waals surface area contributed by atoms with Crippen molar-refractivity contribution < 1.29 is 24.7 Å². The summed E-state index contributed by atoms with van der Waals surface area (Å²) in [5.41, 5.74) is -0.117. The van der Waals surface area contributed by atoms with Gasteiger partial charge in [0.1, 0.15) is 11.6 Å². The Kier molecular flexibility index (Phi) is 3.90. The number of hydrogen-bond acceptors (Lipinski definition) is 5. The molecule has 1 heterocycles. The van der Waals surface area contributed by atoms with Crippen LogP contribution in [0.4, 0.5) is 5.69 Å². The van der Waals surface area contributed by atoms with Gasteiger partial charge in [0, 0.05) is 19.0 Å². The molecular formula is C13H14N2O6. The van der Waals surface area contributed by atoms with E-state index in [4.69, 9.17) is 5.11 Å². The average molecular weight is 294 g/mol. The SMILES string of the molecule is Cc1cccc([N+](=O)[O-])c1C(=O)N1C[C@H](O)C[C@@H]1C(=O)O. The molecule has 1 aromatic rings. The smallest absolute Gasteiger partial charge is 0.326 e. The van der Waals surface area contributed by atoms with E-state index in [1.165, 1.54) is 12.1 Å². The Bertz CT molecular complexity index is 615. The van der Waals surface area contributed by atoms with Crippen molar-refractivity contribution in [3.8, 4) is 0 Å². The van der Waals surface area contributed by atoms with Crippen LogP contribution in [0.15, 0.2) is 18.2 Å². The van der Waals surface area contributed by atoms with E-state index < -0.39 is 28.9 Å². The van der Waals surface area contributed by atoms with Gasteiger partial charge in [0.05, 0.1) is 11.0 Å². The lowest BCUT2D eigenvalue weighted by Gasteiger charge is -2.21. The van der Waals surface area contributed by atoms with Gasteiger partial charge in [0.2, 0.25) is 0 Å². The van der Waals surface area contributed by atoms with Crippen LogP contribution in [-0.4, -0.2) is 50.6 Å². The van der Waals surface area contributed by atoms with Crippen LogP contribution in [0.2, 0.25) is 0 Å². The number of nitrogens with zero attached hydrogens (tertiary/aromatic N) is 2. The van der Waals surface area contributed by atoms with E-state index in [9.17, 15) is 24.8 Å². The number of carbonyl (C=O) groups is 2. The average Bonchev–Trinajstić information content (AvgIpc) is 2.80. The molecule has 1 aliphatic heterocycles. The lowest BCUT2D eigenvalue weighted by Crippen LogP contribution is -2.41. The predicted molar refractivity (Wildman–Crippen MR) is 70.9 cm³/mol. The molecule has 2 rings (SSSR count). The Hall–Kier alpha value is -2.48. The van der Waals surface area contributed by atoms with Crippen LogP contribution in [0.1, 0.15) is 22.3 Å². The third kappa shape index (κ3) is 2.70. The minimum atomic E-state index is -1.24. The summed E-state index contributed by atoms with van der Waals surface area (Å²) in [7, 11) is 0. The number of nitro benzene ring substituents is 1. The molecule has 1 amide bonds. The summed E-state index contributed by atoms with van der Waals surface area (Å²) in [6.07, 6.45) is -1.03. The van der Waals surface area contributed by atoms with E-state index >= 15 is 0 Å². The Balaban J connectivity index is 2.45. The number of aliphatic carboxylic acids is 1. The lowest BCUT2D eigenvalue weighted by molar-refractivity contribution is -0.385. The second-order valence-corrected chi connectivity index (χ2v) is 4.93. The number of carboxylic acids is 1. The molecule has 0 spiro atoms. The lowest BCUT2D eigenvalue weighted by atomic mass is 10.0. The number of aryl methyl sites for hydroxylation is 1. The number of nitro groups is 1. The van der Waals surface area contributed by atoms with Crippen molar-refractivity contribution in [2.45, 2.75) is 25.5 Å². The van der Waals surface area contributed by atoms with Crippen LogP contribution < -0.4 is 0 Å². The van der Waals surface area contributed by atoms with E-state index in [0.29, 0.717) is 5.56 Å². The number of likely N-dealkylation sites (tertiary alicyclic amines) is 1. The highest BCUT2D eigenvalue weighted by Crippen LogP contribution is 2.27. The largest absolute Gasteiger partial charge is 0.480 e. The monoisotopic (exact) mass is 294 g/mol. The molecule has 21 heavy (non-hydrogen) atoms. The number of aliphatic hydroxyl groups is 1. The van der Waals surface area contributed by atoms with Crippen LogP contribution in [-0.2, 0) is 4.79 Å². The molecule has 1 aromatic carbocycles. The zero-order chi connectivity index (χ0) is 15.7. The van der Waals surface area contributed by atoms with E-state index in [1.54, 1.807) is 13.0 Å². The van der Waals surface area contributed by atoms with Gasteiger partial charge in [0.25, 0.3) is 11.6 Å². The molecule has 8 nitrogen and oxygen atoms in total. The first kappa shape index (κ1) is 14.9. The van der Waals surface area contributed by atoms with Gasteiger partial charge in [-0.1, -0.05) is 12.1 Å². The fourth-order valence-corrected chi connectivity index (χ4v) is 2.50. The van der Waals surface area contributed by atoms with Crippen molar-refractivity contribution in [2.24, 2.45) is 0 Å². The normalized spacial score (nSPS) is 21.3. The van der Waals surface area contributed by atoms with Gasteiger partial charge in [-0.05, 0) is 12.5 Å². The fraction of sp³-hybridized carbons (Fsp3) is 0.385. The highest BCUT2D eigenvalue weighted by Gasteiger charge is 2.41. The summed E-state index contributed by atoms with van der Waals surface area (Å²) in [5, 5.41) is 29.7. The van der Waals surface area contributed by atoms with Crippen molar-refractivity contribution in [2.75, 3.05) is 6.54 Å². The number of amides is 1. The Morgan fingerprint density at radius 2 is 2.10 bits per heavy atom. The third-order valence-corrected chi connectivity index (χ3v) is 3.49. The molecule has 1 aliphatic rings. The molecule has 0 unspecified atom stereocenters. The first-order chi connectivity index (χ1) is 9.82. The van der Waals surface area contributed by atoms with Crippen LogP contribution in [0.3, 0.4) is 0 Å². The molecular weight excluding hydrogens is 280 g/mol. The van der Waals surface area contributed by atoms with E-state index in [0.717, 1.165) is 4.90 Å². The summed E-state index contributed by atoms with van der Waals surface area (Å²) in [6.45, 7) is 1.39. The van der Waals surface area contributed by atoms with Crippen LogP contribution in [0.5, 0.6) is 0 Å². The maximum Gasteiger partial charge on any atom is 0.326 e. The molecule has 2 atom stereocenters. The van der Waals surface area contributed by atoms with Crippen molar-refractivity contribution in [1.29, 1.82) is 0 Å². The number of β-amino-alcohol motifs (C(OH)–C–C–N with tert-alkyl or cyclic N) is 1. The number of aliphatic hydroxyl groups excluding tert-OH is 1. The van der Waals surface area contributed by atoms with Crippen LogP contribution in [0, 0.1) is 17.0 Å². The Labute approximate surface area is 119 Å². The summed E-state index contributed by atoms with van der Waals surface area (Å²) >= 11 is 0. The van der Waals surface area contributed by atoms with Gasteiger partial charge >= 0.3 is 5.97 Å². The number of benzene rings is 1. The summed E-state index contributed by atoms with van der Waals surface area (Å²) < 4.78 is 0. The quantitative estimate of drug-likeness (QED) is 0.620.